The molecule has 0 aromatic rings. The zero-order chi connectivity index (χ0) is 10.7. The van der Waals surface area contributed by atoms with E-state index in [2.05, 4.69) is 5.32 Å². The van der Waals surface area contributed by atoms with Crippen LogP contribution >= 0.6 is 0 Å². The first-order valence-corrected chi connectivity index (χ1v) is 5.84. The molecule has 1 N–H and O–H groups in total. The quantitative estimate of drug-likeness (QED) is 0.703. The average molecular weight is 209 g/mol. The van der Waals surface area contributed by atoms with E-state index in [0.29, 0.717) is 5.92 Å². The van der Waals surface area contributed by atoms with Gasteiger partial charge in [0.25, 0.3) is 0 Å². The Morgan fingerprint density at radius 2 is 2.13 bits per heavy atom. The SMILES string of the molecule is COC(=O)C1=C(C2CCCC2)CNCC1. The van der Waals surface area contributed by atoms with Crippen LogP contribution in [0.4, 0.5) is 0 Å². The molecule has 0 unspecified atom stereocenters. The topological polar surface area (TPSA) is 38.3 Å². The molecular formula is C12H19NO2. The monoisotopic (exact) mass is 209 g/mol. The second-order valence-electron chi connectivity index (χ2n) is 4.40. The number of methoxy groups -OCH3 is 1. The van der Waals surface area contributed by atoms with Crippen molar-refractivity contribution in [2.45, 2.75) is 32.1 Å². The Labute approximate surface area is 90.9 Å². The van der Waals surface area contributed by atoms with E-state index in [1.165, 1.54) is 38.4 Å². The van der Waals surface area contributed by atoms with E-state index in [9.17, 15) is 4.79 Å². The Balaban J connectivity index is 2.20. The summed E-state index contributed by atoms with van der Waals surface area (Å²) >= 11 is 0. The van der Waals surface area contributed by atoms with Gasteiger partial charge in [-0.3, -0.25) is 0 Å². The van der Waals surface area contributed by atoms with Crippen LogP contribution in [-0.2, 0) is 9.53 Å². The minimum Gasteiger partial charge on any atom is -0.466 e. The molecule has 3 nitrogen and oxygen atoms in total. The van der Waals surface area contributed by atoms with Gasteiger partial charge in [-0.2, -0.15) is 0 Å². The van der Waals surface area contributed by atoms with Gasteiger partial charge in [0.2, 0.25) is 0 Å². The molecule has 2 rings (SSSR count). The molecule has 84 valence electrons. The van der Waals surface area contributed by atoms with Crippen LogP contribution in [-0.4, -0.2) is 26.2 Å². The van der Waals surface area contributed by atoms with Crippen molar-refractivity contribution in [1.82, 2.24) is 5.32 Å². The molecule has 1 aliphatic heterocycles. The minimum atomic E-state index is -0.113. The van der Waals surface area contributed by atoms with Gasteiger partial charge in [0, 0.05) is 12.1 Å². The van der Waals surface area contributed by atoms with Crippen molar-refractivity contribution in [1.29, 1.82) is 0 Å². The van der Waals surface area contributed by atoms with Gasteiger partial charge in [-0.05, 0) is 37.3 Å². The number of ether oxygens (including phenoxy) is 1. The molecule has 0 aromatic carbocycles. The highest BCUT2D eigenvalue weighted by atomic mass is 16.5. The van der Waals surface area contributed by atoms with E-state index < -0.39 is 0 Å². The van der Waals surface area contributed by atoms with Gasteiger partial charge in [-0.15, -0.1) is 0 Å². The lowest BCUT2D eigenvalue weighted by Gasteiger charge is -2.24. The highest BCUT2D eigenvalue weighted by Crippen LogP contribution is 2.34. The Morgan fingerprint density at radius 1 is 1.40 bits per heavy atom. The average Bonchev–Trinajstić information content (AvgIpc) is 2.81. The van der Waals surface area contributed by atoms with Crippen LogP contribution in [0.25, 0.3) is 0 Å². The summed E-state index contributed by atoms with van der Waals surface area (Å²) in [7, 11) is 1.48. The van der Waals surface area contributed by atoms with Crippen LogP contribution in [0.3, 0.4) is 0 Å². The molecule has 1 aliphatic carbocycles. The van der Waals surface area contributed by atoms with Crippen LogP contribution < -0.4 is 5.32 Å². The fourth-order valence-corrected chi connectivity index (χ4v) is 2.73. The summed E-state index contributed by atoms with van der Waals surface area (Å²) in [6.07, 6.45) is 5.94. The van der Waals surface area contributed by atoms with Crippen molar-refractivity contribution in [2.75, 3.05) is 20.2 Å². The lowest BCUT2D eigenvalue weighted by Crippen LogP contribution is -2.30. The van der Waals surface area contributed by atoms with E-state index in [1.807, 2.05) is 0 Å². The van der Waals surface area contributed by atoms with Gasteiger partial charge in [-0.1, -0.05) is 12.8 Å². The molecule has 1 fully saturated rings. The number of hydrogen-bond acceptors (Lipinski definition) is 3. The number of rotatable bonds is 2. The molecule has 0 radical (unpaired) electrons. The zero-order valence-corrected chi connectivity index (χ0v) is 9.34. The molecule has 1 saturated carbocycles. The van der Waals surface area contributed by atoms with Gasteiger partial charge >= 0.3 is 5.97 Å². The van der Waals surface area contributed by atoms with Gasteiger partial charge in [0.15, 0.2) is 0 Å². The number of hydrogen-bond donors (Lipinski definition) is 1. The standard InChI is InChI=1S/C12H19NO2/c1-15-12(14)10-6-7-13-8-11(10)9-4-2-3-5-9/h9,13H,2-8H2,1H3. The third kappa shape index (κ3) is 2.23. The Hall–Kier alpha value is -0.830. The predicted molar refractivity (Wildman–Crippen MR) is 58.5 cm³/mol. The first kappa shape index (κ1) is 10.7. The summed E-state index contributed by atoms with van der Waals surface area (Å²) in [6.45, 7) is 1.79. The molecule has 0 bridgehead atoms. The Bertz CT molecular complexity index is 277. The van der Waals surface area contributed by atoms with E-state index in [0.717, 1.165) is 25.1 Å². The molecule has 1 heterocycles. The second kappa shape index (κ2) is 4.79. The van der Waals surface area contributed by atoms with E-state index in [-0.39, 0.29) is 5.97 Å². The van der Waals surface area contributed by atoms with Crippen molar-refractivity contribution in [3.05, 3.63) is 11.1 Å². The van der Waals surface area contributed by atoms with Crippen molar-refractivity contribution in [3.63, 3.8) is 0 Å². The van der Waals surface area contributed by atoms with Gasteiger partial charge in [-0.25, -0.2) is 4.79 Å². The lowest BCUT2D eigenvalue weighted by atomic mass is 9.89. The molecule has 0 aromatic heterocycles. The molecule has 3 heteroatoms. The first-order chi connectivity index (χ1) is 7.33. The third-order valence-electron chi connectivity index (χ3n) is 3.53. The largest absolute Gasteiger partial charge is 0.466 e. The summed E-state index contributed by atoms with van der Waals surface area (Å²) in [5, 5.41) is 3.36. The summed E-state index contributed by atoms with van der Waals surface area (Å²) in [5.41, 5.74) is 2.27. The van der Waals surface area contributed by atoms with Gasteiger partial charge in [0.05, 0.1) is 7.11 Å². The van der Waals surface area contributed by atoms with Crippen LogP contribution in [0.15, 0.2) is 11.1 Å². The molecule has 0 amide bonds. The Kier molecular flexibility index (Phi) is 3.41. The summed E-state index contributed by atoms with van der Waals surface area (Å²) in [5.74, 6) is 0.519. The van der Waals surface area contributed by atoms with Gasteiger partial charge in [0.1, 0.15) is 0 Å². The highest BCUT2D eigenvalue weighted by molar-refractivity contribution is 5.89. The van der Waals surface area contributed by atoms with Gasteiger partial charge < -0.3 is 10.1 Å². The maximum atomic E-state index is 11.6. The zero-order valence-electron chi connectivity index (χ0n) is 9.34. The van der Waals surface area contributed by atoms with Crippen molar-refractivity contribution < 1.29 is 9.53 Å². The number of carbonyl (C=O) groups excluding carboxylic acids is 1. The molecule has 0 spiro atoms. The summed E-state index contributed by atoms with van der Waals surface area (Å²) < 4.78 is 4.85. The van der Waals surface area contributed by atoms with Crippen LogP contribution in [0.5, 0.6) is 0 Å². The third-order valence-corrected chi connectivity index (χ3v) is 3.53. The predicted octanol–water partition coefficient (Wildman–Crippen LogP) is 1.64. The van der Waals surface area contributed by atoms with E-state index >= 15 is 0 Å². The highest BCUT2D eigenvalue weighted by Gasteiger charge is 2.27. The van der Waals surface area contributed by atoms with Crippen molar-refractivity contribution >= 4 is 5.97 Å². The smallest absolute Gasteiger partial charge is 0.333 e. The molecule has 0 atom stereocenters. The molecule has 15 heavy (non-hydrogen) atoms. The molecule has 0 saturated heterocycles. The normalized spacial score (nSPS) is 23.3. The lowest BCUT2D eigenvalue weighted by molar-refractivity contribution is -0.136. The summed E-state index contributed by atoms with van der Waals surface area (Å²) in [6, 6.07) is 0. The fourth-order valence-electron chi connectivity index (χ4n) is 2.73. The number of carbonyl (C=O) groups is 1. The van der Waals surface area contributed by atoms with Crippen molar-refractivity contribution in [2.24, 2.45) is 5.92 Å². The molecular weight excluding hydrogens is 190 g/mol. The summed E-state index contributed by atoms with van der Waals surface area (Å²) in [4.78, 5) is 11.6. The minimum absolute atomic E-state index is 0.113. The maximum absolute atomic E-state index is 11.6. The van der Waals surface area contributed by atoms with E-state index in [4.69, 9.17) is 4.74 Å². The number of esters is 1. The maximum Gasteiger partial charge on any atom is 0.333 e. The van der Waals surface area contributed by atoms with Crippen LogP contribution in [0.2, 0.25) is 0 Å². The van der Waals surface area contributed by atoms with Crippen LogP contribution in [0.1, 0.15) is 32.1 Å². The van der Waals surface area contributed by atoms with Crippen LogP contribution in [0, 0.1) is 5.92 Å². The second-order valence-corrected chi connectivity index (χ2v) is 4.40. The first-order valence-electron chi connectivity index (χ1n) is 5.84. The Morgan fingerprint density at radius 3 is 2.80 bits per heavy atom. The van der Waals surface area contributed by atoms with Crippen molar-refractivity contribution in [3.8, 4) is 0 Å². The van der Waals surface area contributed by atoms with E-state index in [1.54, 1.807) is 0 Å². The fraction of sp³-hybridized carbons (Fsp3) is 0.750. The number of nitrogens with one attached hydrogen (secondary N) is 1. The molecule has 2 aliphatic rings.